The van der Waals surface area contributed by atoms with Crippen molar-refractivity contribution in [3.05, 3.63) is 0 Å². The average Bonchev–Trinajstić information content (AvgIpc) is 3.33. The number of rotatable bonds is 61. The van der Waals surface area contributed by atoms with Crippen molar-refractivity contribution in [2.75, 3.05) is 271 Å². The van der Waals surface area contributed by atoms with E-state index in [4.69, 9.17) is 101 Å². The van der Waals surface area contributed by atoms with Gasteiger partial charge in [0.05, 0.1) is 244 Å². The highest BCUT2D eigenvalue weighted by Gasteiger charge is 2.15. The number of hydrogen-bond acceptors (Lipinski definition) is 23. The van der Waals surface area contributed by atoms with Gasteiger partial charge in [-0.2, -0.15) is 0 Å². The van der Waals surface area contributed by atoms with Gasteiger partial charge in [0.1, 0.15) is 5.60 Å². The number of nitrogens with two attached hydrogens (primary N) is 2. The number of hydrogen-bond donors (Lipinski definition) is 2. The van der Waals surface area contributed by atoms with E-state index in [1.54, 1.807) is 0 Å². The molecule has 0 amide bonds. The van der Waals surface area contributed by atoms with Gasteiger partial charge < -0.3 is 101 Å². The predicted molar refractivity (Wildman–Crippen MR) is 260 cm³/mol. The quantitative estimate of drug-likeness (QED) is 0.0612. The predicted octanol–water partition coefficient (Wildman–Crippen LogP) is 0.236. The van der Waals surface area contributed by atoms with Crippen LogP contribution in [0.1, 0.15) is 27.2 Å². The second-order valence-corrected chi connectivity index (χ2v) is 15.8. The molecule has 0 atom stereocenters. The largest absolute Gasteiger partial charge is 0.460 e. The van der Waals surface area contributed by atoms with E-state index in [2.05, 4.69) is 4.90 Å². The van der Waals surface area contributed by atoms with Crippen molar-refractivity contribution >= 4 is 5.97 Å². The molecule has 0 aromatic rings. The molecule has 420 valence electrons. The highest BCUT2D eigenvalue weighted by Crippen LogP contribution is 2.08. The van der Waals surface area contributed by atoms with Gasteiger partial charge in [0.2, 0.25) is 0 Å². The van der Waals surface area contributed by atoms with Crippen LogP contribution in [0.5, 0.6) is 0 Å². The number of ether oxygens (including phenoxy) is 19. The summed E-state index contributed by atoms with van der Waals surface area (Å²) in [5.41, 5.74) is 10.3. The lowest BCUT2D eigenvalue weighted by Crippen LogP contribution is -2.34. The van der Waals surface area contributed by atoms with E-state index < -0.39 is 5.60 Å². The molecule has 0 aliphatic carbocycles. The zero-order chi connectivity index (χ0) is 50.8. The molecule has 23 nitrogen and oxygen atoms in total. The normalized spacial score (nSPS) is 12.0. The van der Waals surface area contributed by atoms with E-state index in [1.807, 2.05) is 20.8 Å². The molecular formula is C47H97N3O20. The summed E-state index contributed by atoms with van der Waals surface area (Å²) in [6.45, 7) is 26.2. The van der Waals surface area contributed by atoms with Gasteiger partial charge in [-0.25, -0.2) is 0 Å². The molecule has 0 aromatic heterocycles. The van der Waals surface area contributed by atoms with Gasteiger partial charge in [0.15, 0.2) is 0 Å². The SMILES string of the molecule is CC(C)(C)OC(=O)CCOCCOCCOCCOCCOCCOCCN(CCOCCOCCOCCOCCOCCOCCN)CCOCCOCCOCCOCCOCCOCCN. The van der Waals surface area contributed by atoms with Crippen LogP contribution >= 0.6 is 0 Å². The fourth-order valence-electron chi connectivity index (χ4n) is 5.24. The Balaban J connectivity index is 3.99. The van der Waals surface area contributed by atoms with Gasteiger partial charge in [-0.3, -0.25) is 9.69 Å². The van der Waals surface area contributed by atoms with Gasteiger partial charge in [-0.05, 0) is 20.8 Å². The Morgan fingerprint density at radius 2 is 0.457 bits per heavy atom. The molecule has 0 unspecified atom stereocenters. The minimum atomic E-state index is -0.489. The zero-order valence-corrected chi connectivity index (χ0v) is 43.5. The molecule has 0 heterocycles. The molecule has 0 saturated heterocycles. The Labute approximate surface area is 419 Å². The number of carbonyl (C=O) groups is 1. The van der Waals surface area contributed by atoms with E-state index in [0.717, 1.165) is 13.1 Å². The molecule has 0 aliphatic rings. The monoisotopic (exact) mass is 1020 g/mol. The maximum absolute atomic E-state index is 11.7. The first-order chi connectivity index (χ1) is 34.4. The van der Waals surface area contributed by atoms with E-state index >= 15 is 0 Å². The summed E-state index contributed by atoms with van der Waals surface area (Å²) in [5, 5.41) is 0. The number of nitrogens with zero attached hydrogens (tertiary/aromatic N) is 1. The first-order valence-corrected chi connectivity index (χ1v) is 25.1. The molecular weight excluding hydrogens is 927 g/mol. The third kappa shape index (κ3) is 60.9. The fourth-order valence-corrected chi connectivity index (χ4v) is 5.24. The standard InChI is InChI=1S/C47H97N3O20/c1-47(2,3)70-46(51)4-10-52-16-22-58-28-34-64-40-43-67-37-31-61-25-19-55-13-7-50(8-14-56-20-26-62-32-38-68-44-41-65-35-29-59-23-17-53-11-5-48)9-15-57-21-27-63-33-39-69-45-42-66-36-30-60-24-18-54-12-6-49/h4-45,48-49H2,1-3H3. The lowest BCUT2D eigenvalue weighted by atomic mass is 10.2. The van der Waals surface area contributed by atoms with Crippen molar-refractivity contribution in [3.8, 4) is 0 Å². The minimum Gasteiger partial charge on any atom is -0.460 e. The molecule has 4 N–H and O–H groups in total. The third-order valence-corrected chi connectivity index (χ3v) is 8.63. The highest BCUT2D eigenvalue weighted by atomic mass is 16.6. The van der Waals surface area contributed by atoms with Crippen molar-refractivity contribution in [2.45, 2.75) is 32.8 Å². The van der Waals surface area contributed by atoms with Gasteiger partial charge in [0, 0.05) is 32.7 Å². The summed E-state index contributed by atoms with van der Waals surface area (Å²) in [5.74, 6) is -0.273. The average molecular weight is 1020 g/mol. The van der Waals surface area contributed by atoms with Crippen LogP contribution in [0, 0.1) is 0 Å². The second-order valence-electron chi connectivity index (χ2n) is 15.8. The van der Waals surface area contributed by atoms with Crippen LogP contribution in [0.15, 0.2) is 0 Å². The van der Waals surface area contributed by atoms with Crippen molar-refractivity contribution in [2.24, 2.45) is 11.5 Å². The molecule has 0 rings (SSSR count). The molecule has 0 fully saturated rings. The Morgan fingerprint density at radius 3 is 0.643 bits per heavy atom. The van der Waals surface area contributed by atoms with Crippen molar-refractivity contribution in [3.63, 3.8) is 0 Å². The Hall–Kier alpha value is -1.37. The molecule has 0 aromatic carbocycles. The Kier molecular flexibility index (Phi) is 57.4. The van der Waals surface area contributed by atoms with Gasteiger partial charge >= 0.3 is 5.97 Å². The van der Waals surface area contributed by atoms with E-state index in [0.29, 0.717) is 257 Å². The second kappa shape index (κ2) is 58.5. The topological polar surface area (TPSA) is 248 Å². The van der Waals surface area contributed by atoms with E-state index in [1.165, 1.54) is 0 Å². The first-order valence-electron chi connectivity index (χ1n) is 25.1. The third-order valence-electron chi connectivity index (χ3n) is 8.63. The molecule has 0 aliphatic heterocycles. The fraction of sp³-hybridized carbons (Fsp3) is 0.979. The summed E-state index contributed by atoms with van der Waals surface area (Å²) in [4.78, 5) is 13.9. The van der Waals surface area contributed by atoms with Crippen LogP contribution < -0.4 is 11.5 Å². The van der Waals surface area contributed by atoms with Crippen molar-refractivity contribution < 1.29 is 94.8 Å². The smallest absolute Gasteiger partial charge is 0.308 e. The molecule has 0 radical (unpaired) electrons. The Bertz CT molecular complexity index is 971. The van der Waals surface area contributed by atoms with Crippen LogP contribution in [-0.4, -0.2) is 287 Å². The molecule has 0 saturated carbocycles. The van der Waals surface area contributed by atoms with Crippen molar-refractivity contribution in [1.29, 1.82) is 0 Å². The molecule has 23 heteroatoms. The van der Waals surface area contributed by atoms with Gasteiger partial charge in [-0.1, -0.05) is 0 Å². The molecule has 0 bridgehead atoms. The number of carbonyl (C=O) groups excluding carboxylic acids is 1. The minimum absolute atomic E-state index is 0.219. The van der Waals surface area contributed by atoms with Crippen LogP contribution in [0.25, 0.3) is 0 Å². The first kappa shape index (κ1) is 68.6. The molecule has 0 spiro atoms. The van der Waals surface area contributed by atoms with E-state index in [9.17, 15) is 4.79 Å². The maximum atomic E-state index is 11.7. The summed E-state index contributed by atoms with van der Waals surface area (Å²) in [6.07, 6.45) is 0.219. The summed E-state index contributed by atoms with van der Waals surface area (Å²) in [6, 6.07) is 0. The summed E-state index contributed by atoms with van der Waals surface area (Å²) < 4.78 is 105. The summed E-state index contributed by atoms with van der Waals surface area (Å²) >= 11 is 0. The van der Waals surface area contributed by atoms with Crippen LogP contribution in [0.4, 0.5) is 0 Å². The zero-order valence-electron chi connectivity index (χ0n) is 43.5. The van der Waals surface area contributed by atoms with Gasteiger partial charge in [0.25, 0.3) is 0 Å². The molecule has 70 heavy (non-hydrogen) atoms. The van der Waals surface area contributed by atoms with E-state index in [-0.39, 0.29) is 12.4 Å². The van der Waals surface area contributed by atoms with Gasteiger partial charge in [-0.15, -0.1) is 0 Å². The van der Waals surface area contributed by atoms with Crippen molar-refractivity contribution in [1.82, 2.24) is 4.90 Å². The lowest BCUT2D eigenvalue weighted by molar-refractivity contribution is -0.156. The van der Waals surface area contributed by atoms with Crippen LogP contribution in [0.2, 0.25) is 0 Å². The Morgan fingerprint density at radius 1 is 0.286 bits per heavy atom. The van der Waals surface area contributed by atoms with Crippen LogP contribution in [0.3, 0.4) is 0 Å². The summed E-state index contributed by atoms with van der Waals surface area (Å²) in [7, 11) is 0. The maximum Gasteiger partial charge on any atom is 0.308 e. The lowest BCUT2D eigenvalue weighted by Gasteiger charge is -2.22. The highest BCUT2D eigenvalue weighted by molar-refractivity contribution is 5.69. The number of esters is 1. The van der Waals surface area contributed by atoms with Crippen LogP contribution in [-0.2, 0) is 94.8 Å².